The third-order valence-electron chi connectivity index (χ3n) is 3.82. The van der Waals surface area contributed by atoms with E-state index < -0.39 is 0 Å². The molecule has 1 aromatic rings. The van der Waals surface area contributed by atoms with Crippen molar-refractivity contribution in [1.29, 1.82) is 0 Å². The van der Waals surface area contributed by atoms with Crippen LogP contribution in [0.5, 0.6) is 5.75 Å². The van der Waals surface area contributed by atoms with Crippen LogP contribution in [0.1, 0.15) is 43.4 Å². The second-order valence-electron chi connectivity index (χ2n) is 5.22. The van der Waals surface area contributed by atoms with Crippen molar-refractivity contribution >= 4 is 0 Å². The summed E-state index contributed by atoms with van der Waals surface area (Å²) in [6, 6.07) is 7.00. The van der Waals surface area contributed by atoms with Gasteiger partial charge in [0.1, 0.15) is 5.75 Å². The van der Waals surface area contributed by atoms with Crippen molar-refractivity contribution in [3.8, 4) is 5.75 Å². The van der Waals surface area contributed by atoms with Gasteiger partial charge in [0, 0.05) is 24.1 Å². The maximum atomic E-state index is 5.77. The van der Waals surface area contributed by atoms with E-state index in [1.807, 2.05) is 0 Å². The number of nitrogens with one attached hydrogen (secondary N) is 1. The average Bonchev–Trinajstić information content (AvgIpc) is 2.30. The van der Waals surface area contributed by atoms with Gasteiger partial charge in [-0.3, -0.25) is 0 Å². The van der Waals surface area contributed by atoms with Crippen LogP contribution in [0.2, 0.25) is 0 Å². The summed E-state index contributed by atoms with van der Waals surface area (Å²) in [5.74, 6) is 2.42. The van der Waals surface area contributed by atoms with E-state index in [9.17, 15) is 0 Å². The summed E-state index contributed by atoms with van der Waals surface area (Å²) in [5.41, 5.74) is 2.94. The molecule has 0 spiro atoms. The van der Waals surface area contributed by atoms with E-state index in [2.05, 4.69) is 37.4 Å². The van der Waals surface area contributed by atoms with Gasteiger partial charge in [-0.2, -0.15) is 0 Å². The molecule has 0 radical (unpaired) electrons. The third kappa shape index (κ3) is 1.44. The second kappa shape index (κ2) is 3.77. The maximum Gasteiger partial charge on any atom is 0.123 e. The van der Waals surface area contributed by atoms with Crippen LogP contribution in [-0.2, 0) is 0 Å². The second-order valence-corrected chi connectivity index (χ2v) is 5.22. The molecule has 2 heteroatoms. The fourth-order valence-electron chi connectivity index (χ4n) is 3.03. The minimum atomic E-state index is 0.493. The monoisotopic (exact) mass is 217 g/mol. The lowest BCUT2D eigenvalue weighted by Crippen LogP contribution is -2.38. The third-order valence-corrected chi connectivity index (χ3v) is 3.82. The normalized spacial score (nSPS) is 27.4. The van der Waals surface area contributed by atoms with Gasteiger partial charge in [-0.1, -0.05) is 26.0 Å². The fraction of sp³-hybridized carbons (Fsp3) is 0.571. The lowest BCUT2D eigenvalue weighted by Gasteiger charge is -2.38. The molecule has 1 N–H and O–H groups in total. The lowest BCUT2D eigenvalue weighted by molar-refractivity contribution is 0.244. The lowest BCUT2D eigenvalue weighted by atomic mass is 9.80. The summed E-state index contributed by atoms with van der Waals surface area (Å²) in [4.78, 5) is 0. The zero-order valence-electron chi connectivity index (χ0n) is 9.99. The Labute approximate surface area is 97.0 Å². The Bertz CT molecular complexity index is 400. The highest BCUT2D eigenvalue weighted by atomic mass is 16.5. The molecule has 0 saturated carbocycles. The van der Waals surface area contributed by atoms with Gasteiger partial charge in [0.2, 0.25) is 0 Å². The highest BCUT2D eigenvalue weighted by Gasteiger charge is 2.32. The molecule has 16 heavy (non-hydrogen) atoms. The molecule has 2 unspecified atom stereocenters. The molecule has 0 aromatic heterocycles. The molecule has 0 saturated heterocycles. The molecular formula is C14H19NO. The molecule has 0 amide bonds. The van der Waals surface area contributed by atoms with Crippen molar-refractivity contribution in [2.45, 2.75) is 32.2 Å². The van der Waals surface area contributed by atoms with Gasteiger partial charge in [-0.05, 0) is 24.0 Å². The zero-order valence-corrected chi connectivity index (χ0v) is 9.99. The summed E-state index contributed by atoms with van der Waals surface area (Å²) in [6.07, 6.45) is 1.15. The molecule has 0 bridgehead atoms. The Morgan fingerprint density at radius 1 is 1.38 bits per heavy atom. The Morgan fingerprint density at radius 2 is 2.25 bits per heavy atom. The van der Waals surface area contributed by atoms with Gasteiger partial charge in [0.15, 0.2) is 0 Å². The molecule has 0 aliphatic carbocycles. The quantitative estimate of drug-likeness (QED) is 0.781. The number of hydrogen-bond donors (Lipinski definition) is 1. The number of ether oxygens (including phenoxy) is 1. The molecule has 86 valence electrons. The molecule has 2 atom stereocenters. The molecule has 2 nitrogen and oxygen atoms in total. The molecule has 2 heterocycles. The Morgan fingerprint density at radius 3 is 3.06 bits per heavy atom. The van der Waals surface area contributed by atoms with Crippen LogP contribution in [0, 0.1) is 5.92 Å². The Hall–Kier alpha value is -1.02. The van der Waals surface area contributed by atoms with Crippen molar-refractivity contribution in [2.75, 3.05) is 13.2 Å². The van der Waals surface area contributed by atoms with Crippen molar-refractivity contribution in [1.82, 2.24) is 5.32 Å². The van der Waals surface area contributed by atoms with Crippen molar-refractivity contribution in [3.05, 3.63) is 29.3 Å². The topological polar surface area (TPSA) is 21.3 Å². The van der Waals surface area contributed by atoms with Crippen LogP contribution < -0.4 is 10.1 Å². The largest absolute Gasteiger partial charge is 0.493 e. The standard InChI is InChI=1S/C14H19NO/c1-9(2)14-11-4-3-5-12-13(11)10(8-15-14)6-7-16-12/h3-5,9-10,14-15H,6-8H2,1-2H3. The van der Waals surface area contributed by atoms with E-state index in [1.54, 1.807) is 0 Å². The SMILES string of the molecule is CC(C)C1NCC2CCOc3cccc1c32. The summed E-state index contributed by atoms with van der Waals surface area (Å²) in [5, 5.41) is 3.68. The Kier molecular flexibility index (Phi) is 2.40. The molecule has 0 fully saturated rings. The molecule has 2 aliphatic rings. The smallest absolute Gasteiger partial charge is 0.123 e. The first-order valence-electron chi connectivity index (χ1n) is 6.26. The van der Waals surface area contributed by atoms with Gasteiger partial charge in [-0.15, -0.1) is 0 Å². The van der Waals surface area contributed by atoms with E-state index in [4.69, 9.17) is 4.74 Å². The van der Waals surface area contributed by atoms with Crippen molar-refractivity contribution in [3.63, 3.8) is 0 Å². The molecule has 2 aliphatic heterocycles. The maximum absolute atomic E-state index is 5.77. The number of benzene rings is 1. The molecule has 1 aromatic carbocycles. The van der Waals surface area contributed by atoms with Crippen LogP contribution in [-0.4, -0.2) is 13.2 Å². The average molecular weight is 217 g/mol. The number of rotatable bonds is 1. The summed E-state index contributed by atoms with van der Waals surface area (Å²) in [6.45, 7) is 6.54. The fourth-order valence-corrected chi connectivity index (χ4v) is 3.03. The summed E-state index contributed by atoms with van der Waals surface area (Å²) in [7, 11) is 0. The van der Waals surface area contributed by atoms with E-state index in [0.29, 0.717) is 17.9 Å². The van der Waals surface area contributed by atoms with Crippen LogP contribution >= 0.6 is 0 Å². The van der Waals surface area contributed by atoms with E-state index in [1.165, 1.54) is 11.1 Å². The zero-order chi connectivity index (χ0) is 11.1. The van der Waals surface area contributed by atoms with Gasteiger partial charge < -0.3 is 10.1 Å². The van der Waals surface area contributed by atoms with Crippen LogP contribution in [0.3, 0.4) is 0 Å². The van der Waals surface area contributed by atoms with E-state index >= 15 is 0 Å². The minimum absolute atomic E-state index is 0.493. The van der Waals surface area contributed by atoms with Crippen molar-refractivity contribution in [2.24, 2.45) is 5.92 Å². The first-order chi connectivity index (χ1) is 7.77. The summed E-state index contributed by atoms with van der Waals surface area (Å²) < 4.78 is 5.77. The predicted octanol–water partition coefficient (Wildman–Crippen LogP) is 2.85. The first kappa shape index (κ1) is 10.2. The van der Waals surface area contributed by atoms with Crippen LogP contribution in [0.15, 0.2) is 18.2 Å². The van der Waals surface area contributed by atoms with Gasteiger partial charge in [0.05, 0.1) is 6.61 Å². The van der Waals surface area contributed by atoms with Gasteiger partial charge >= 0.3 is 0 Å². The predicted molar refractivity (Wildman–Crippen MR) is 64.9 cm³/mol. The van der Waals surface area contributed by atoms with E-state index in [-0.39, 0.29) is 0 Å². The van der Waals surface area contributed by atoms with Crippen molar-refractivity contribution < 1.29 is 4.74 Å². The first-order valence-corrected chi connectivity index (χ1v) is 6.26. The highest BCUT2D eigenvalue weighted by molar-refractivity contribution is 5.47. The van der Waals surface area contributed by atoms with Gasteiger partial charge in [0.25, 0.3) is 0 Å². The van der Waals surface area contributed by atoms with Crippen LogP contribution in [0.4, 0.5) is 0 Å². The summed E-state index contributed by atoms with van der Waals surface area (Å²) >= 11 is 0. The minimum Gasteiger partial charge on any atom is -0.493 e. The highest BCUT2D eigenvalue weighted by Crippen LogP contribution is 2.42. The Balaban J connectivity index is 2.11. The van der Waals surface area contributed by atoms with E-state index in [0.717, 1.165) is 25.3 Å². The molecular weight excluding hydrogens is 198 g/mol. The number of hydrogen-bond acceptors (Lipinski definition) is 2. The van der Waals surface area contributed by atoms with Gasteiger partial charge in [-0.25, -0.2) is 0 Å². The van der Waals surface area contributed by atoms with Crippen LogP contribution in [0.25, 0.3) is 0 Å². The molecule has 3 rings (SSSR count).